The van der Waals surface area contributed by atoms with Crippen LogP contribution in [-0.4, -0.2) is 30.5 Å². The van der Waals surface area contributed by atoms with Crippen molar-refractivity contribution in [3.05, 3.63) is 29.6 Å². The minimum absolute atomic E-state index is 0.122. The number of amides is 1. The molecule has 0 bridgehead atoms. The van der Waals surface area contributed by atoms with E-state index in [9.17, 15) is 4.79 Å². The van der Waals surface area contributed by atoms with Crippen LogP contribution >= 0.6 is 11.6 Å². The molecule has 0 radical (unpaired) electrons. The van der Waals surface area contributed by atoms with Crippen molar-refractivity contribution in [1.82, 2.24) is 29.9 Å². The molecule has 1 N–H and O–H groups in total. The summed E-state index contributed by atoms with van der Waals surface area (Å²) in [5.74, 6) is 0.680. The summed E-state index contributed by atoms with van der Waals surface area (Å²) in [5.41, 5.74) is 0. The summed E-state index contributed by atoms with van der Waals surface area (Å²) >= 11 is 5.84. The van der Waals surface area contributed by atoms with Crippen LogP contribution in [0.2, 0.25) is 5.02 Å². The largest absolute Gasteiger partial charge is 0.347 e. The van der Waals surface area contributed by atoms with E-state index in [1.807, 2.05) is 0 Å². The molecule has 1 aliphatic carbocycles. The van der Waals surface area contributed by atoms with Gasteiger partial charge in [0.25, 0.3) is 0 Å². The highest BCUT2D eigenvalue weighted by atomic mass is 35.5. The fraction of sp³-hybridized carbons (Fsp3) is 0.600. The molecule has 2 aromatic rings. The van der Waals surface area contributed by atoms with Crippen molar-refractivity contribution in [3.63, 3.8) is 0 Å². The third-order valence-corrected chi connectivity index (χ3v) is 4.58. The standard InChI is InChI=1S/C15H21ClN6O/c1-11(22-9-12(16)7-19-22)15(23)17-8-14-20-18-10-21(14)13-5-3-2-4-6-13/h7,9-11,13H,2-6,8H2,1H3,(H,17,23)/t11-/m0/s1. The van der Waals surface area contributed by atoms with Crippen LogP contribution in [0, 0.1) is 0 Å². The smallest absolute Gasteiger partial charge is 0.244 e. The van der Waals surface area contributed by atoms with Gasteiger partial charge in [-0.15, -0.1) is 10.2 Å². The first-order valence-corrected chi connectivity index (χ1v) is 8.38. The van der Waals surface area contributed by atoms with Crippen LogP contribution in [0.5, 0.6) is 0 Å². The monoisotopic (exact) mass is 336 g/mol. The van der Waals surface area contributed by atoms with Crippen LogP contribution in [0.1, 0.15) is 56.9 Å². The molecule has 0 aliphatic heterocycles. The molecule has 1 saturated carbocycles. The second kappa shape index (κ2) is 7.12. The molecule has 0 saturated heterocycles. The van der Waals surface area contributed by atoms with Gasteiger partial charge in [-0.25, -0.2) is 0 Å². The summed E-state index contributed by atoms with van der Waals surface area (Å²) in [5, 5.41) is 15.6. The number of carbonyl (C=O) groups excluding carboxylic acids is 1. The van der Waals surface area contributed by atoms with Crippen molar-refractivity contribution in [2.24, 2.45) is 0 Å². The SMILES string of the molecule is C[C@@H](C(=O)NCc1nncn1C1CCCCC1)n1cc(Cl)cn1. The average Bonchev–Trinajstić information content (AvgIpc) is 3.21. The zero-order valence-corrected chi connectivity index (χ0v) is 13.9. The van der Waals surface area contributed by atoms with Gasteiger partial charge in [0, 0.05) is 12.2 Å². The highest BCUT2D eigenvalue weighted by Gasteiger charge is 2.20. The second-order valence-electron chi connectivity index (χ2n) is 5.98. The zero-order chi connectivity index (χ0) is 16.2. The van der Waals surface area contributed by atoms with Crippen molar-refractivity contribution in [2.45, 2.75) is 57.7 Å². The van der Waals surface area contributed by atoms with Gasteiger partial charge in [-0.2, -0.15) is 5.10 Å². The minimum Gasteiger partial charge on any atom is -0.347 e. The summed E-state index contributed by atoms with van der Waals surface area (Å²) in [7, 11) is 0. The molecule has 0 unspecified atom stereocenters. The Labute approximate surface area is 140 Å². The Balaban J connectivity index is 1.60. The number of aromatic nitrogens is 5. The lowest BCUT2D eigenvalue weighted by Crippen LogP contribution is -2.32. The van der Waals surface area contributed by atoms with E-state index in [0.717, 1.165) is 18.7 Å². The Hall–Kier alpha value is -1.89. The van der Waals surface area contributed by atoms with E-state index in [0.29, 0.717) is 17.6 Å². The fourth-order valence-electron chi connectivity index (χ4n) is 3.02. The fourth-order valence-corrected chi connectivity index (χ4v) is 3.16. The van der Waals surface area contributed by atoms with Gasteiger partial charge in [0.2, 0.25) is 5.91 Å². The summed E-state index contributed by atoms with van der Waals surface area (Å²) in [4.78, 5) is 12.3. The van der Waals surface area contributed by atoms with Gasteiger partial charge in [-0.3, -0.25) is 9.48 Å². The molecule has 1 fully saturated rings. The van der Waals surface area contributed by atoms with Gasteiger partial charge >= 0.3 is 0 Å². The Bertz CT molecular complexity index is 660. The first-order valence-electron chi connectivity index (χ1n) is 8.01. The van der Waals surface area contributed by atoms with Crippen LogP contribution in [0.15, 0.2) is 18.7 Å². The first-order chi connectivity index (χ1) is 11.1. The third kappa shape index (κ3) is 3.72. The molecule has 0 spiro atoms. The molecular formula is C15H21ClN6O. The molecule has 124 valence electrons. The van der Waals surface area contributed by atoms with Crippen LogP contribution in [0.3, 0.4) is 0 Å². The molecule has 1 atom stereocenters. The lowest BCUT2D eigenvalue weighted by molar-refractivity contribution is -0.124. The van der Waals surface area contributed by atoms with Crippen LogP contribution in [0.4, 0.5) is 0 Å². The van der Waals surface area contributed by atoms with Crippen molar-refractivity contribution >= 4 is 17.5 Å². The number of halogens is 1. The molecule has 7 nitrogen and oxygen atoms in total. The molecule has 1 amide bonds. The second-order valence-corrected chi connectivity index (χ2v) is 6.42. The maximum absolute atomic E-state index is 12.3. The van der Waals surface area contributed by atoms with Gasteiger partial charge in [-0.05, 0) is 19.8 Å². The number of nitrogens with one attached hydrogen (secondary N) is 1. The summed E-state index contributed by atoms with van der Waals surface area (Å²) in [6, 6.07) is 0.0292. The van der Waals surface area contributed by atoms with Crippen LogP contribution in [-0.2, 0) is 11.3 Å². The first kappa shape index (κ1) is 16.0. The van der Waals surface area contributed by atoms with Crippen molar-refractivity contribution in [2.75, 3.05) is 0 Å². The van der Waals surface area contributed by atoms with Gasteiger partial charge in [0.05, 0.1) is 17.8 Å². The van der Waals surface area contributed by atoms with Gasteiger partial charge < -0.3 is 9.88 Å². The molecular weight excluding hydrogens is 316 g/mol. The highest BCUT2D eigenvalue weighted by molar-refractivity contribution is 6.30. The Morgan fingerprint density at radius 1 is 1.43 bits per heavy atom. The Morgan fingerprint density at radius 2 is 2.22 bits per heavy atom. The van der Waals surface area contributed by atoms with E-state index < -0.39 is 6.04 Å². The van der Waals surface area contributed by atoms with Crippen molar-refractivity contribution in [1.29, 1.82) is 0 Å². The Kier molecular flexibility index (Phi) is 4.95. The molecule has 3 rings (SSSR count). The van der Waals surface area contributed by atoms with Gasteiger partial charge in [0.15, 0.2) is 5.82 Å². The Morgan fingerprint density at radius 3 is 2.91 bits per heavy atom. The summed E-state index contributed by atoms with van der Waals surface area (Å²) < 4.78 is 3.65. The van der Waals surface area contributed by atoms with Crippen LogP contribution < -0.4 is 5.32 Å². The van der Waals surface area contributed by atoms with Crippen LogP contribution in [0.25, 0.3) is 0 Å². The van der Waals surface area contributed by atoms with Gasteiger partial charge in [0.1, 0.15) is 12.4 Å². The molecule has 8 heteroatoms. The molecule has 1 aliphatic rings. The van der Waals surface area contributed by atoms with E-state index in [1.165, 1.54) is 25.5 Å². The average molecular weight is 337 g/mol. The van der Waals surface area contributed by atoms with Crippen molar-refractivity contribution in [3.8, 4) is 0 Å². The lowest BCUT2D eigenvalue weighted by Gasteiger charge is -2.24. The number of hydrogen-bond acceptors (Lipinski definition) is 4. The van der Waals surface area contributed by atoms with E-state index in [1.54, 1.807) is 24.1 Å². The normalized spacial score (nSPS) is 17.1. The number of nitrogens with zero attached hydrogens (tertiary/aromatic N) is 5. The summed E-state index contributed by atoms with van der Waals surface area (Å²) in [6.07, 6.45) is 11.0. The molecule has 2 aromatic heterocycles. The summed E-state index contributed by atoms with van der Waals surface area (Å²) in [6.45, 7) is 2.15. The molecule has 2 heterocycles. The zero-order valence-electron chi connectivity index (χ0n) is 13.2. The minimum atomic E-state index is -0.423. The quantitative estimate of drug-likeness (QED) is 0.910. The predicted molar refractivity (Wildman–Crippen MR) is 85.9 cm³/mol. The van der Waals surface area contributed by atoms with E-state index in [4.69, 9.17) is 11.6 Å². The molecule has 0 aromatic carbocycles. The number of hydrogen-bond donors (Lipinski definition) is 1. The van der Waals surface area contributed by atoms with E-state index in [2.05, 4.69) is 25.2 Å². The molecule has 23 heavy (non-hydrogen) atoms. The number of rotatable bonds is 5. The predicted octanol–water partition coefficient (Wildman–Crippen LogP) is 2.51. The maximum atomic E-state index is 12.3. The van der Waals surface area contributed by atoms with Gasteiger partial charge in [-0.1, -0.05) is 30.9 Å². The topological polar surface area (TPSA) is 77.6 Å². The van der Waals surface area contributed by atoms with Crippen molar-refractivity contribution < 1.29 is 4.79 Å². The van der Waals surface area contributed by atoms with E-state index >= 15 is 0 Å². The van der Waals surface area contributed by atoms with E-state index in [-0.39, 0.29) is 5.91 Å². The third-order valence-electron chi connectivity index (χ3n) is 4.38. The highest BCUT2D eigenvalue weighted by Crippen LogP contribution is 2.28. The number of carbonyl (C=O) groups is 1. The maximum Gasteiger partial charge on any atom is 0.244 e. The lowest BCUT2D eigenvalue weighted by atomic mass is 9.95.